The molecule has 0 saturated carbocycles. The number of hydrogen-bond acceptors (Lipinski definition) is 4. The smallest absolute Gasteiger partial charge is 0.281 e. The molecule has 0 bridgehead atoms. The van der Waals surface area contributed by atoms with Crippen molar-refractivity contribution in [2.45, 2.75) is 13.8 Å². The van der Waals surface area contributed by atoms with Gasteiger partial charge in [0.05, 0.1) is 11.3 Å². The molecule has 0 aromatic heterocycles. The number of benzene rings is 2. The van der Waals surface area contributed by atoms with Crippen molar-refractivity contribution < 1.29 is 9.59 Å². The Morgan fingerprint density at radius 3 is 2.23 bits per heavy atom. The van der Waals surface area contributed by atoms with Gasteiger partial charge in [0.15, 0.2) is 6.29 Å². The molecular weight excluding hydrogens is 326 g/mol. The number of carbonyl (C=O) groups excluding carboxylic acids is 2. The quantitative estimate of drug-likeness (QED) is 0.593. The van der Waals surface area contributed by atoms with Crippen LogP contribution in [0.4, 0.5) is 11.4 Å². The molecule has 2 aromatic rings. The standard InChI is InChI=1S/C21H21N3O2/c1-3-23(4-2)17-12-10-16(11-13-17)14-19-20(15-25)22-24(21(19)26)18-8-6-5-7-9-18/h5-15H,3-4H2,1-2H3. The molecule has 0 fully saturated rings. The molecule has 0 atom stereocenters. The van der Waals surface area contributed by atoms with E-state index in [9.17, 15) is 9.59 Å². The van der Waals surface area contributed by atoms with E-state index < -0.39 is 0 Å². The molecule has 3 rings (SSSR count). The fourth-order valence-electron chi connectivity index (χ4n) is 2.93. The summed E-state index contributed by atoms with van der Waals surface area (Å²) in [5, 5.41) is 5.43. The van der Waals surface area contributed by atoms with Crippen LogP contribution < -0.4 is 9.91 Å². The van der Waals surface area contributed by atoms with E-state index in [1.807, 2.05) is 42.5 Å². The maximum absolute atomic E-state index is 12.7. The van der Waals surface area contributed by atoms with Gasteiger partial charge < -0.3 is 4.90 Å². The molecule has 1 aliphatic rings. The average molecular weight is 347 g/mol. The molecule has 0 radical (unpaired) electrons. The molecular formula is C21H21N3O2. The van der Waals surface area contributed by atoms with E-state index in [4.69, 9.17) is 0 Å². The Morgan fingerprint density at radius 1 is 1.00 bits per heavy atom. The first-order chi connectivity index (χ1) is 12.7. The average Bonchev–Trinajstić information content (AvgIpc) is 3.00. The highest BCUT2D eigenvalue weighted by Gasteiger charge is 2.30. The summed E-state index contributed by atoms with van der Waals surface area (Å²) in [6.07, 6.45) is 2.33. The van der Waals surface area contributed by atoms with Crippen molar-refractivity contribution in [2.24, 2.45) is 5.10 Å². The van der Waals surface area contributed by atoms with Gasteiger partial charge >= 0.3 is 0 Å². The molecule has 1 heterocycles. The van der Waals surface area contributed by atoms with E-state index in [0.29, 0.717) is 17.5 Å². The zero-order valence-corrected chi connectivity index (χ0v) is 14.9. The van der Waals surface area contributed by atoms with E-state index >= 15 is 0 Å². The Labute approximate surface area is 153 Å². The Hall–Kier alpha value is -3.21. The molecule has 2 aromatic carbocycles. The lowest BCUT2D eigenvalue weighted by molar-refractivity contribution is -0.114. The number of para-hydroxylation sites is 1. The minimum atomic E-state index is -0.300. The van der Waals surface area contributed by atoms with Crippen molar-refractivity contribution in [3.63, 3.8) is 0 Å². The van der Waals surface area contributed by atoms with E-state index in [1.54, 1.807) is 18.2 Å². The number of aldehydes is 1. The summed E-state index contributed by atoms with van der Waals surface area (Å²) in [6, 6.07) is 17.0. The second-order valence-corrected chi connectivity index (χ2v) is 5.88. The maximum Gasteiger partial charge on any atom is 0.281 e. The van der Waals surface area contributed by atoms with Gasteiger partial charge in [-0.2, -0.15) is 10.1 Å². The van der Waals surface area contributed by atoms with Crippen LogP contribution in [-0.2, 0) is 9.59 Å². The largest absolute Gasteiger partial charge is 0.372 e. The predicted octanol–water partition coefficient (Wildman–Crippen LogP) is 3.52. The molecule has 5 nitrogen and oxygen atoms in total. The van der Waals surface area contributed by atoms with Crippen molar-refractivity contribution in [1.82, 2.24) is 0 Å². The van der Waals surface area contributed by atoms with Crippen LogP contribution in [-0.4, -0.2) is 31.0 Å². The van der Waals surface area contributed by atoms with Crippen LogP contribution in [0.1, 0.15) is 19.4 Å². The van der Waals surface area contributed by atoms with Gasteiger partial charge in [0.2, 0.25) is 0 Å². The lowest BCUT2D eigenvalue weighted by Crippen LogP contribution is -2.21. The molecule has 0 N–H and O–H groups in total. The minimum Gasteiger partial charge on any atom is -0.372 e. The van der Waals surface area contributed by atoms with Crippen LogP contribution in [0, 0.1) is 0 Å². The van der Waals surface area contributed by atoms with Gasteiger partial charge in [-0.3, -0.25) is 9.59 Å². The summed E-state index contributed by atoms with van der Waals surface area (Å²) < 4.78 is 0. The van der Waals surface area contributed by atoms with Gasteiger partial charge in [-0.1, -0.05) is 30.3 Å². The van der Waals surface area contributed by atoms with Crippen LogP contribution in [0.3, 0.4) is 0 Å². The van der Waals surface area contributed by atoms with Crippen molar-refractivity contribution in [3.8, 4) is 0 Å². The molecule has 5 heteroatoms. The van der Waals surface area contributed by atoms with Gasteiger partial charge in [-0.05, 0) is 49.8 Å². The first kappa shape index (κ1) is 17.6. The molecule has 26 heavy (non-hydrogen) atoms. The second-order valence-electron chi connectivity index (χ2n) is 5.88. The fraction of sp³-hybridized carbons (Fsp3) is 0.190. The zero-order valence-electron chi connectivity index (χ0n) is 14.9. The van der Waals surface area contributed by atoms with Gasteiger partial charge in [0, 0.05) is 18.8 Å². The number of anilines is 2. The summed E-state index contributed by atoms with van der Waals surface area (Å²) in [7, 11) is 0. The van der Waals surface area contributed by atoms with Crippen LogP contribution in [0.5, 0.6) is 0 Å². The second kappa shape index (κ2) is 7.78. The van der Waals surface area contributed by atoms with Crippen LogP contribution >= 0.6 is 0 Å². The number of nitrogens with zero attached hydrogens (tertiary/aromatic N) is 3. The normalized spacial score (nSPS) is 15.3. The Kier molecular flexibility index (Phi) is 5.27. The highest BCUT2D eigenvalue weighted by Crippen LogP contribution is 2.25. The molecule has 0 spiro atoms. The van der Waals surface area contributed by atoms with Crippen molar-refractivity contribution in [1.29, 1.82) is 0 Å². The summed E-state index contributed by atoms with van der Waals surface area (Å²) in [4.78, 5) is 26.4. The third-order valence-corrected chi connectivity index (χ3v) is 4.35. The van der Waals surface area contributed by atoms with Crippen LogP contribution in [0.2, 0.25) is 0 Å². The van der Waals surface area contributed by atoms with E-state index in [0.717, 1.165) is 24.3 Å². The summed E-state index contributed by atoms with van der Waals surface area (Å²) >= 11 is 0. The lowest BCUT2D eigenvalue weighted by Gasteiger charge is -2.20. The first-order valence-electron chi connectivity index (χ1n) is 8.68. The van der Waals surface area contributed by atoms with Crippen LogP contribution in [0.15, 0.2) is 65.3 Å². The predicted molar refractivity (Wildman–Crippen MR) is 105 cm³/mol. The molecule has 1 aliphatic heterocycles. The van der Waals surface area contributed by atoms with E-state index in [2.05, 4.69) is 23.8 Å². The van der Waals surface area contributed by atoms with Crippen molar-refractivity contribution in [3.05, 3.63) is 65.7 Å². The third kappa shape index (κ3) is 3.42. The summed E-state index contributed by atoms with van der Waals surface area (Å²) in [6.45, 7) is 6.09. The molecule has 0 aliphatic carbocycles. The molecule has 0 saturated heterocycles. The number of hydrazone groups is 1. The Balaban J connectivity index is 1.89. The number of hydrogen-bond donors (Lipinski definition) is 0. The monoisotopic (exact) mass is 347 g/mol. The number of rotatable bonds is 6. The topological polar surface area (TPSA) is 53.0 Å². The van der Waals surface area contributed by atoms with Crippen molar-refractivity contribution in [2.75, 3.05) is 23.0 Å². The SMILES string of the molecule is CCN(CC)c1ccc(C=C2C(=O)N(c3ccccc3)N=C2C=O)cc1. The molecule has 1 amide bonds. The molecule has 132 valence electrons. The van der Waals surface area contributed by atoms with Gasteiger partial charge in [0.25, 0.3) is 5.91 Å². The van der Waals surface area contributed by atoms with Gasteiger partial charge in [-0.25, -0.2) is 0 Å². The summed E-state index contributed by atoms with van der Waals surface area (Å²) in [5.41, 5.74) is 3.07. The van der Waals surface area contributed by atoms with Crippen molar-refractivity contribution >= 4 is 35.4 Å². The number of carbonyl (C=O) groups is 2. The maximum atomic E-state index is 12.7. The summed E-state index contributed by atoms with van der Waals surface area (Å²) in [5.74, 6) is -0.300. The van der Waals surface area contributed by atoms with E-state index in [1.165, 1.54) is 5.01 Å². The fourth-order valence-corrected chi connectivity index (χ4v) is 2.93. The lowest BCUT2D eigenvalue weighted by atomic mass is 10.1. The Morgan fingerprint density at radius 2 is 1.65 bits per heavy atom. The highest BCUT2D eigenvalue weighted by molar-refractivity contribution is 6.49. The third-order valence-electron chi connectivity index (χ3n) is 4.35. The zero-order chi connectivity index (χ0) is 18.5. The van der Waals surface area contributed by atoms with Crippen LogP contribution in [0.25, 0.3) is 6.08 Å². The Bertz CT molecular complexity index is 851. The molecule has 0 unspecified atom stereocenters. The van der Waals surface area contributed by atoms with E-state index in [-0.39, 0.29) is 11.6 Å². The van der Waals surface area contributed by atoms with Gasteiger partial charge in [-0.15, -0.1) is 0 Å². The highest BCUT2D eigenvalue weighted by atomic mass is 16.2. The van der Waals surface area contributed by atoms with Gasteiger partial charge in [0.1, 0.15) is 5.71 Å². The minimum absolute atomic E-state index is 0.145. The number of amides is 1. The first-order valence-corrected chi connectivity index (χ1v) is 8.68.